The number of aromatic amines is 1. The molecule has 0 bridgehead atoms. The highest BCUT2D eigenvalue weighted by atomic mass is 32.2. The van der Waals surface area contributed by atoms with Gasteiger partial charge in [-0.2, -0.15) is 0 Å². The summed E-state index contributed by atoms with van der Waals surface area (Å²) in [7, 11) is 1.63. The molecule has 1 saturated carbocycles. The number of ether oxygens (including phenoxy) is 1. The Morgan fingerprint density at radius 1 is 1.33 bits per heavy atom. The topological polar surface area (TPSA) is 92.8 Å². The maximum atomic E-state index is 12.3. The average Bonchev–Trinajstić information content (AvgIpc) is 3.05. The summed E-state index contributed by atoms with van der Waals surface area (Å²) in [5.41, 5.74) is 2.30. The number of aromatic nitrogens is 4. The molecule has 2 heterocycles. The first-order chi connectivity index (χ1) is 13.1. The lowest BCUT2D eigenvalue weighted by molar-refractivity contribution is -0.119. The molecule has 2 N–H and O–H groups in total. The van der Waals surface area contributed by atoms with Crippen molar-refractivity contribution < 1.29 is 9.53 Å². The molecule has 1 aliphatic carbocycles. The predicted octanol–water partition coefficient (Wildman–Crippen LogP) is 3.30. The van der Waals surface area contributed by atoms with E-state index >= 15 is 0 Å². The molecule has 1 fully saturated rings. The van der Waals surface area contributed by atoms with Crippen LogP contribution in [0.4, 0.5) is 0 Å². The molecule has 1 amide bonds. The van der Waals surface area contributed by atoms with Crippen molar-refractivity contribution in [1.29, 1.82) is 0 Å². The van der Waals surface area contributed by atoms with Crippen molar-refractivity contribution in [2.45, 2.75) is 43.8 Å². The van der Waals surface area contributed by atoms with Gasteiger partial charge in [0.25, 0.3) is 0 Å². The summed E-state index contributed by atoms with van der Waals surface area (Å²) in [5.74, 6) is 1.64. The van der Waals surface area contributed by atoms with Gasteiger partial charge in [-0.05, 0) is 37.0 Å². The molecule has 4 rings (SSSR count). The number of benzene rings is 1. The van der Waals surface area contributed by atoms with Crippen molar-refractivity contribution in [1.82, 2.24) is 25.5 Å². The van der Waals surface area contributed by atoms with Gasteiger partial charge in [-0.3, -0.25) is 4.79 Å². The van der Waals surface area contributed by atoms with Crippen LogP contribution >= 0.6 is 11.8 Å². The molecule has 3 aromatic rings. The maximum absolute atomic E-state index is 12.3. The van der Waals surface area contributed by atoms with E-state index < -0.39 is 0 Å². The molecule has 27 heavy (non-hydrogen) atoms. The minimum absolute atomic E-state index is 0.0313. The van der Waals surface area contributed by atoms with Crippen LogP contribution in [0.1, 0.15) is 32.6 Å². The number of nitrogens with one attached hydrogen (secondary N) is 2. The second kappa shape index (κ2) is 7.72. The quantitative estimate of drug-likeness (QED) is 0.655. The Kier molecular flexibility index (Phi) is 5.15. The number of hydrogen-bond acceptors (Lipinski definition) is 6. The third-order valence-corrected chi connectivity index (χ3v) is 6.03. The number of amides is 1. The Morgan fingerprint density at radius 3 is 3.00 bits per heavy atom. The van der Waals surface area contributed by atoms with Crippen LogP contribution in [0.2, 0.25) is 0 Å². The molecule has 2 atom stereocenters. The molecular weight excluding hydrogens is 362 g/mol. The summed E-state index contributed by atoms with van der Waals surface area (Å²) < 4.78 is 5.27. The van der Waals surface area contributed by atoms with Crippen LogP contribution in [0.3, 0.4) is 0 Å². The maximum Gasteiger partial charge on any atom is 0.230 e. The normalized spacial score (nSPS) is 20.1. The number of rotatable bonds is 5. The number of hydrogen-bond donors (Lipinski definition) is 2. The van der Waals surface area contributed by atoms with E-state index in [1.165, 1.54) is 31.0 Å². The number of fused-ring (bicyclic) bond motifs is 3. The van der Waals surface area contributed by atoms with Crippen LogP contribution in [0, 0.1) is 5.92 Å². The Morgan fingerprint density at radius 2 is 2.19 bits per heavy atom. The molecule has 1 aliphatic rings. The lowest BCUT2D eigenvalue weighted by Gasteiger charge is -2.29. The molecular formula is C19H23N5O2S. The van der Waals surface area contributed by atoms with Crippen LogP contribution in [-0.2, 0) is 4.79 Å². The van der Waals surface area contributed by atoms with Crippen molar-refractivity contribution in [3.63, 3.8) is 0 Å². The largest absolute Gasteiger partial charge is 0.497 e. The predicted molar refractivity (Wildman–Crippen MR) is 106 cm³/mol. The highest BCUT2D eigenvalue weighted by molar-refractivity contribution is 7.99. The van der Waals surface area contributed by atoms with Crippen LogP contribution < -0.4 is 10.1 Å². The van der Waals surface area contributed by atoms with Crippen molar-refractivity contribution in [3.05, 3.63) is 18.2 Å². The molecule has 0 radical (unpaired) electrons. The number of H-pyrrole nitrogens is 1. The van der Waals surface area contributed by atoms with Gasteiger partial charge in [0.05, 0.1) is 12.9 Å². The molecule has 1 aromatic carbocycles. The Balaban J connectivity index is 1.44. The first kappa shape index (κ1) is 18.0. The van der Waals surface area contributed by atoms with E-state index in [4.69, 9.17) is 4.74 Å². The van der Waals surface area contributed by atoms with E-state index in [1.807, 2.05) is 18.2 Å². The zero-order valence-electron chi connectivity index (χ0n) is 15.5. The molecule has 0 spiro atoms. The molecule has 7 nitrogen and oxygen atoms in total. The van der Waals surface area contributed by atoms with Gasteiger partial charge in [-0.25, -0.2) is 4.98 Å². The van der Waals surface area contributed by atoms with Crippen molar-refractivity contribution in [2.24, 2.45) is 5.92 Å². The fraction of sp³-hybridized carbons (Fsp3) is 0.474. The second-order valence-corrected chi connectivity index (χ2v) is 8.00. The standard InChI is InChI=1S/C19H23N5O2S/c1-11-5-3-4-6-14(11)20-16(25)10-27-19-22-18-17(23-24-19)13-9-12(26-2)7-8-15(13)21-18/h7-9,11,14H,3-6,10H2,1-2H3,(H,20,25)(H,21,22,24)/t11-,14-/m1/s1. The monoisotopic (exact) mass is 385 g/mol. The van der Waals surface area contributed by atoms with E-state index in [1.54, 1.807) is 7.11 Å². The SMILES string of the molecule is COc1ccc2[nH]c3nc(SCC(=O)N[C@@H]4CCCC[C@H]4C)nnc3c2c1. The summed E-state index contributed by atoms with van der Waals surface area (Å²) in [6.07, 6.45) is 4.71. The molecule has 8 heteroatoms. The van der Waals surface area contributed by atoms with E-state index in [0.29, 0.717) is 28.0 Å². The van der Waals surface area contributed by atoms with E-state index in [0.717, 1.165) is 23.1 Å². The second-order valence-electron chi connectivity index (χ2n) is 7.05. The van der Waals surface area contributed by atoms with Gasteiger partial charge in [0.1, 0.15) is 11.3 Å². The highest BCUT2D eigenvalue weighted by Crippen LogP contribution is 2.27. The van der Waals surface area contributed by atoms with E-state index in [-0.39, 0.29) is 11.9 Å². The van der Waals surface area contributed by atoms with Crippen molar-refractivity contribution in [3.8, 4) is 5.75 Å². The summed E-state index contributed by atoms with van der Waals surface area (Å²) in [5, 5.41) is 13.0. The molecule has 0 saturated heterocycles. The van der Waals surface area contributed by atoms with Crippen LogP contribution in [0.15, 0.2) is 23.4 Å². The minimum atomic E-state index is 0.0313. The van der Waals surface area contributed by atoms with Gasteiger partial charge in [-0.15, -0.1) is 10.2 Å². The summed E-state index contributed by atoms with van der Waals surface area (Å²) in [6.45, 7) is 2.21. The first-order valence-corrected chi connectivity index (χ1v) is 10.2. The Labute approximate surface area is 161 Å². The Hall–Kier alpha value is -2.35. The van der Waals surface area contributed by atoms with Crippen LogP contribution in [-0.4, -0.2) is 45.0 Å². The van der Waals surface area contributed by atoms with Crippen LogP contribution in [0.25, 0.3) is 22.1 Å². The summed E-state index contributed by atoms with van der Waals surface area (Å²) >= 11 is 1.31. The number of carbonyl (C=O) groups excluding carboxylic acids is 1. The fourth-order valence-corrected chi connectivity index (χ4v) is 4.23. The smallest absolute Gasteiger partial charge is 0.230 e. The molecule has 0 aliphatic heterocycles. The third-order valence-electron chi connectivity index (χ3n) is 5.19. The third kappa shape index (κ3) is 3.85. The number of nitrogens with zero attached hydrogens (tertiary/aromatic N) is 3. The van der Waals surface area contributed by atoms with Crippen molar-refractivity contribution >= 4 is 39.7 Å². The molecule has 142 valence electrons. The van der Waals surface area contributed by atoms with Gasteiger partial charge < -0.3 is 15.0 Å². The van der Waals surface area contributed by atoms with E-state index in [2.05, 4.69) is 32.4 Å². The summed E-state index contributed by atoms with van der Waals surface area (Å²) in [6, 6.07) is 6.02. The fourth-order valence-electron chi connectivity index (χ4n) is 3.63. The zero-order chi connectivity index (χ0) is 18.8. The van der Waals surface area contributed by atoms with Gasteiger partial charge >= 0.3 is 0 Å². The van der Waals surface area contributed by atoms with Gasteiger partial charge in [-0.1, -0.05) is 31.5 Å². The number of carbonyl (C=O) groups is 1. The molecule has 2 aromatic heterocycles. The summed E-state index contributed by atoms with van der Waals surface area (Å²) in [4.78, 5) is 20.0. The Bertz CT molecular complexity index is 973. The van der Waals surface area contributed by atoms with Gasteiger partial charge in [0, 0.05) is 16.9 Å². The number of thioether (sulfide) groups is 1. The van der Waals surface area contributed by atoms with E-state index in [9.17, 15) is 4.79 Å². The van der Waals surface area contributed by atoms with Crippen molar-refractivity contribution in [2.75, 3.05) is 12.9 Å². The van der Waals surface area contributed by atoms with Crippen LogP contribution in [0.5, 0.6) is 5.75 Å². The van der Waals surface area contributed by atoms with Gasteiger partial charge in [0.2, 0.25) is 11.1 Å². The number of methoxy groups -OCH3 is 1. The lowest BCUT2D eigenvalue weighted by Crippen LogP contribution is -2.41. The van der Waals surface area contributed by atoms with Gasteiger partial charge in [0.15, 0.2) is 5.65 Å². The first-order valence-electron chi connectivity index (χ1n) is 9.26. The minimum Gasteiger partial charge on any atom is -0.497 e. The average molecular weight is 385 g/mol. The zero-order valence-corrected chi connectivity index (χ0v) is 16.3. The highest BCUT2D eigenvalue weighted by Gasteiger charge is 2.22. The lowest BCUT2D eigenvalue weighted by atomic mass is 9.86. The molecule has 0 unspecified atom stereocenters.